The highest BCUT2D eigenvalue weighted by atomic mass is 32.2. The lowest BCUT2D eigenvalue weighted by atomic mass is 10.2. The van der Waals surface area contributed by atoms with Gasteiger partial charge in [0.15, 0.2) is 6.04 Å². The predicted molar refractivity (Wildman–Crippen MR) is 84.0 cm³/mol. The minimum Gasteiger partial charge on any atom is -0.351 e. The van der Waals surface area contributed by atoms with Gasteiger partial charge in [-0.3, -0.25) is 4.79 Å². The Balaban J connectivity index is 1.99. The fraction of sp³-hybridized carbons (Fsp3) is 0.533. The Hall–Kier alpha value is -1.44. The van der Waals surface area contributed by atoms with Crippen LogP contribution in [0.15, 0.2) is 35.2 Å². The van der Waals surface area contributed by atoms with Gasteiger partial charge in [0.1, 0.15) is 0 Å². The van der Waals surface area contributed by atoms with Crippen LogP contribution in [0.5, 0.6) is 0 Å². The number of sulfonamides is 1. The number of nitrogens with zero attached hydrogens (tertiary/aromatic N) is 1. The highest BCUT2D eigenvalue weighted by Crippen LogP contribution is 2.14. The van der Waals surface area contributed by atoms with Gasteiger partial charge in [-0.05, 0) is 26.0 Å². The van der Waals surface area contributed by atoms with E-state index < -0.39 is 10.0 Å². The largest absolute Gasteiger partial charge is 0.351 e. The first-order valence-electron chi connectivity index (χ1n) is 7.64. The Morgan fingerprint density at radius 1 is 1.27 bits per heavy atom. The molecule has 7 heteroatoms. The van der Waals surface area contributed by atoms with Crippen molar-refractivity contribution in [1.82, 2.24) is 9.62 Å². The maximum absolute atomic E-state index is 12.5. The van der Waals surface area contributed by atoms with E-state index in [0.29, 0.717) is 37.6 Å². The molecule has 0 spiro atoms. The summed E-state index contributed by atoms with van der Waals surface area (Å²) in [5, 5.41) is 2.82. The number of hydrogen-bond donors (Lipinski definition) is 2. The molecule has 0 unspecified atom stereocenters. The fourth-order valence-electron chi connectivity index (χ4n) is 2.70. The molecule has 1 aliphatic heterocycles. The van der Waals surface area contributed by atoms with E-state index >= 15 is 0 Å². The highest BCUT2D eigenvalue weighted by Gasteiger charge is 2.34. The van der Waals surface area contributed by atoms with Gasteiger partial charge in [0.25, 0.3) is 5.91 Å². The molecule has 0 radical (unpaired) electrons. The zero-order valence-corrected chi connectivity index (χ0v) is 13.9. The van der Waals surface area contributed by atoms with Crippen molar-refractivity contribution in [3.05, 3.63) is 30.3 Å². The number of rotatable bonds is 5. The molecule has 0 bridgehead atoms. The number of carbonyl (C=O) groups is 1. The lowest BCUT2D eigenvalue weighted by Crippen LogP contribution is -3.19. The minimum absolute atomic E-state index is 0.0249. The van der Waals surface area contributed by atoms with E-state index in [1.807, 2.05) is 13.8 Å². The minimum atomic E-state index is -3.42. The zero-order chi connectivity index (χ0) is 16.2. The SMILES string of the molecule is CCNC(=O)[C@H](C)[NH+]1CCN(S(=O)(=O)c2ccccc2)CC1. The van der Waals surface area contributed by atoms with E-state index in [0.717, 1.165) is 4.90 Å². The summed E-state index contributed by atoms with van der Waals surface area (Å²) in [5.41, 5.74) is 0. The van der Waals surface area contributed by atoms with Gasteiger partial charge in [-0.2, -0.15) is 4.31 Å². The van der Waals surface area contributed by atoms with Gasteiger partial charge in [0.05, 0.1) is 31.1 Å². The fourth-order valence-corrected chi connectivity index (χ4v) is 4.16. The van der Waals surface area contributed by atoms with E-state index in [-0.39, 0.29) is 11.9 Å². The van der Waals surface area contributed by atoms with Crippen molar-refractivity contribution in [2.45, 2.75) is 24.8 Å². The monoisotopic (exact) mass is 326 g/mol. The average Bonchev–Trinajstić information content (AvgIpc) is 2.55. The summed E-state index contributed by atoms with van der Waals surface area (Å²) in [7, 11) is -3.42. The molecule has 1 aromatic carbocycles. The quantitative estimate of drug-likeness (QED) is 0.737. The van der Waals surface area contributed by atoms with Gasteiger partial charge < -0.3 is 10.2 Å². The summed E-state index contributed by atoms with van der Waals surface area (Å²) in [5.74, 6) is 0.0249. The number of quaternary nitrogens is 1. The van der Waals surface area contributed by atoms with Crippen LogP contribution < -0.4 is 10.2 Å². The van der Waals surface area contributed by atoms with Crippen molar-refractivity contribution in [3.63, 3.8) is 0 Å². The molecular weight excluding hydrogens is 302 g/mol. The van der Waals surface area contributed by atoms with E-state index in [4.69, 9.17) is 0 Å². The van der Waals surface area contributed by atoms with Crippen molar-refractivity contribution >= 4 is 15.9 Å². The summed E-state index contributed by atoms with van der Waals surface area (Å²) >= 11 is 0. The molecule has 22 heavy (non-hydrogen) atoms. The molecule has 6 nitrogen and oxygen atoms in total. The predicted octanol–water partition coefficient (Wildman–Crippen LogP) is -0.900. The topological polar surface area (TPSA) is 70.9 Å². The number of amides is 1. The number of benzene rings is 1. The van der Waals surface area contributed by atoms with Gasteiger partial charge in [0, 0.05) is 6.54 Å². The lowest BCUT2D eigenvalue weighted by molar-refractivity contribution is -0.917. The van der Waals surface area contributed by atoms with E-state index in [2.05, 4.69) is 5.32 Å². The van der Waals surface area contributed by atoms with Gasteiger partial charge >= 0.3 is 0 Å². The molecule has 1 fully saturated rings. The van der Waals surface area contributed by atoms with Crippen LogP contribution in [0.1, 0.15) is 13.8 Å². The first-order valence-corrected chi connectivity index (χ1v) is 9.08. The maximum atomic E-state index is 12.5. The summed E-state index contributed by atoms with van der Waals surface area (Å²) in [6.45, 7) is 6.57. The summed E-state index contributed by atoms with van der Waals surface area (Å²) < 4.78 is 26.6. The second-order valence-corrected chi connectivity index (χ2v) is 7.43. The normalized spacial score (nSPS) is 18.8. The third kappa shape index (κ3) is 3.66. The highest BCUT2D eigenvalue weighted by molar-refractivity contribution is 7.89. The van der Waals surface area contributed by atoms with Crippen LogP contribution in [-0.2, 0) is 14.8 Å². The molecule has 1 heterocycles. The second-order valence-electron chi connectivity index (χ2n) is 5.49. The molecule has 122 valence electrons. The molecular formula is C15H24N3O3S+. The van der Waals surface area contributed by atoms with Crippen LogP contribution in [0.2, 0.25) is 0 Å². The van der Waals surface area contributed by atoms with Crippen molar-refractivity contribution in [2.75, 3.05) is 32.7 Å². The van der Waals surface area contributed by atoms with Crippen LogP contribution in [0.25, 0.3) is 0 Å². The third-order valence-corrected chi connectivity index (χ3v) is 6.02. The molecule has 1 aromatic rings. The van der Waals surface area contributed by atoms with Crippen molar-refractivity contribution in [2.24, 2.45) is 0 Å². The molecule has 1 amide bonds. The molecule has 2 N–H and O–H groups in total. The van der Waals surface area contributed by atoms with Gasteiger partial charge in [-0.25, -0.2) is 8.42 Å². The number of carbonyl (C=O) groups excluding carboxylic acids is 1. The lowest BCUT2D eigenvalue weighted by Gasteiger charge is -2.34. The zero-order valence-electron chi connectivity index (χ0n) is 13.1. The first kappa shape index (κ1) is 16.9. The summed E-state index contributed by atoms with van der Waals surface area (Å²) in [6, 6.07) is 8.34. The van der Waals surface area contributed by atoms with Gasteiger partial charge in [-0.1, -0.05) is 18.2 Å². The Morgan fingerprint density at radius 3 is 2.41 bits per heavy atom. The van der Waals surface area contributed by atoms with Crippen LogP contribution in [-0.4, -0.2) is 57.4 Å². The number of nitrogens with one attached hydrogen (secondary N) is 2. The molecule has 1 aliphatic rings. The Kier molecular flexibility index (Phi) is 5.55. The first-order chi connectivity index (χ1) is 10.5. The molecule has 1 atom stereocenters. The number of likely N-dealkylation sites (N-methyl/N-ethyl adjacent to an activating group) is 1. The molecule has 2 rings (SSSR count). The number of piperazine rings is 1. The van der Waals surface area contributed by atoms with Crippen molar-refractivity contribution < 1.29 is 18.1 Å². The third-order valence-electron chi connectivity index (χ3n) is 4.10. The van der Waals surface area contributed by atoms with Crippen LogP contribution in [0.3, 0.4) is 0 Å². The smallest absolute Gasteiger partial charge is 0.278 e. The maximum Gasteiger partial charge on any atom is 0.278 e. The summed E-state index contributed by atoms with van der Waals surface area (Å²) in [6.07, 6.45) is 0. The second kappa shape index (κ2) is 7.21. The van der Waals surface area contributed by atoms with Crippen molar-refractivity contribution in [1.29, 1.82) is 0 Å². The van der Waals surface area contributed by atoms with Crippen molar-refractivity contribution in [3.8, 4) is 0 Å². The van der Waals surface area contributed by atoms with Crippen LogP contribution in [0, 0.1) is 0 Å². The summed E-state index contributed by atoms with van der Waals surface area (Å²) in [4.78, 5) is 13.3. The molecule has 0 saturated carbocycles. The van der Waals surface area contributed by atoms with E-state index in [1.165, 1.54) is 4.31 Å². The average molecular weight is 326 g/mol. The standard InChI is InChI=1S/C15H23N3O3S/c1-3-16-15(19)13(2)17-9-11-18(12-10-17)22(20,21)14-7-5-4-6-8-14/h4-8,13H,3,9-12H2,1-2H3,(H,16,19)/p+1/t13-/m0/s1. The van der Waals surface area contributed by atoms with Crippen LogP contribution in [0.4, 0.5) is 0 Å². The van der Waals surface area contributed by atoms with E-state index in [1.54, 1.807) is 30.3 Å². The van der Waals surface area contributed by atoms with E-state index in [9.17, 15) is 13.2 Å². The van der Waals surface area contributed by atoms with Gasteiger partial charge in [-0.15, -0.1) is 0 Å². The Labute approximate surface area is 132 Å². The molecule has 0 aliphatic carbocycles. The molecule has 0 aromatic heterocycles. The number of hydrogen-bond acceptors (Lipinski definition) is 3. The Morgan fingerprint density at radius 2 is 1.86 bits per heavy atom. The van der Waals surface area contributed by atoms with Crippen LogP contribution >= 0.6 is 0 Å². The Bertz CT molecular complexity index is 596. The van der Waals surface area contributed by atoms with Gasteiger partial charge in [0.2, 0.25) is 10.0 Å². The molecule has 1 saturated heterocycles.